The molecule has 3 nitrogen and oxygen atoms in total. The second-order valence-corrected chi connectivity index (χ2v) is 2.38. The Morgan fingerprint density at radius 2 is 2.12 bits per heavy atom. The van der Waals surface area contributed by atoms with E-state index in [4.69, 9.17) is 5.73 Å². The minimum atomic E-state index is -2.06. The fraction of sp³-hybridized carbons (Fsp3) is 0.750. The van der Waals surface area contributed by atoms with Crippen LogP contribution >= 0.6 is 0 Å². The topological polar surface area (TPSA) is 60.2 Å². The standard InChI is InChI=1S/C4H9NO2S/c1-2-4(3-5)8(6)7/h2-3,5H2,1H3. The molecule has 8 heavy (non-hydrogen) atoms. The number of hydrogen-bond acceptors (Lipinski definition) is 3. The molecular formula is C4H9NO2S. The van der Waals surface area contributed by atoms with Crippen molar-refractivity contribution in [1.29, 1.82) is 0 Å². The Bertz CT molecular complexity index is 166. The Labute approximate surface area is 50.0 Å². The summed E-state index contributed by atoms with van der Waals surface area (Å²) in [5, 5.41) is 0. The maximum atomic E-state index is 10.0. The normalized spacial score (nSPS) is 8.75. The minimum absolute atomic E-state index is 0.145. The lowest BCUT2D eigenvalue weighted by molar-refractivity contribution is 0.626. The molecule has 0 aliphatic carbocycles. The molecule has 2 N–H and O–H groups in total. The zero-order valence-corrected chi connectivity index (χ0v) is 5.53. The molecule has 0 unspecified atom stereocenters. The van der Waals surface area contributed by atoms with E-state index in [2.05, 4.69) is 0 Å². The predicted octanol–water partition coefficient (Wildman–Crippen LogP) is -0.593. The first kappa shape index (κ1) is 7.65. The maximum Gasteiger partial charge on any atom is 0.214 e. The van der Waals surface area contributed by atoms with Gasteiger partial charge in [-0.05, 0) is 6.42 Å². The summed E-state index contributed by atoms with van der Waals surface area (Å²) < 4.78 is 20.1. The Morgan fingerprint density at radius 1 is 1.62 bits per heavy atom. The highest BCUT2D eigenvalue weighted by atomic mass is 32.2. The molecule has 0 saturated heterocycles. The molecule has 48 valence electrons. The molecule has 0 aliphatic heterocycles. The van der Waals surface area contributed by atoms with Crippen LogP contribution in [0.4, 0.5) is 0 Å². The molecule has 0 spiro atoms. The van der Waals surface area contributed by atoms with Crippen LogP contribution in [0.3, 0.4) is 0 Å². The van der Waals surface area contributed by atoms with Crippen LogP contribution in [0.15, 0.2) is 0 Å². The predicted molar refractivity (Wildman–Crippen MR) is 33.3 cm³/mol. The van der Waals surface area contributed by atoms with Gasteiger partial charge >= 0.3 is 0 Å². The molecule has 0 rings (SSSR count). The zero-order chi connectivity index (χ0) is 6.57. The third kappa shape index (κ3) is 2.09. The first-order valence-electron chi connectivity index (χ1n) is 2.36. The largest absolute Gasteiger partial charge is 0.326 e. The first-order valence-corrected chi connectivity index (χ1v) is 3.43. The Morgan fingerprint density at radius 3 is 2.12 bits per heavy atom. The van der Waals surface area contributed by atoms with Crippen molar-refractivity contribution in [2.24, 2.45) is 5.73 Å². The van der Waals surface area contributed by atoms with Gasteiger partial charge in [0.1, 0.15) is 0 Å². The third-order valence-electron chi connectivity index (χ3n) is 0.858. The molecule has 0 radical (unpaired) electrons. The van der Waals surface area contributed by atoms with Gasteiger partial charge in [0.15, 0.2) is 0 Å². The zero-order valence-electron chi connectivity index (χ0n) is 4.72. The summed E-state index contributed by atoms with van der Waals surface area (Å²) in [5.74, 6) is 0. The smallest absolute Gasteiger partial charge is 0.214 e. The molecule has 0 fully saturated rings. The quantitative estimate of drug-likeness (QED) is 0.515. The van der Waals surface area contributed by atoms with Crippen molar-refractivity contribution in [2.45, 2.75) is 13.3 Å². The summed E-state index contributed by atoms with van der Waals surface area (Å²) >= 11 is 0. The van der Waals surface area contributed by atoms with Crippen LogP contribution in [-0.2, 0) is 10.3 Å². The molecule has 0 aromatic rings. The summed E-state index contributed by atoms with van der Waals surface area (Å²) in [4.78, 5) is 0.380. The molecule has 0 saturated carbocycles. The van der Waals surface area contributed by atoms with Crippen molar-refractivity contribution < 1.29 is 8.42 Å². The van der Waals surface area contributed by atoms with Gasteiger partial charge in [0, 0.05) is 6.54 Å². The third-order valence-corrected chi connectivity index (χ3v) is 1.78. The van der Waals surface area contributed by atoms with Crippen molar-refractivity contribution in [3.8, 4) is 0 Å². The molecule has 0 aromatic carbocycles. The van der Waals surface area contributed by atoms with Gasteiger partial charge in [0.2, 0.25) is 10.3 Å². The Balaban J connectivity index is 4.34. The second kappa shape index (κ2) is 3.63. The van der Waals surface area contributed by atoms with Crippen LogP contribution < -0.4 is 5.73 Å². The van der Waals surface area contributed by atoms with Gasteiger partial charge in [-0.3, -0.25) is 0 Å². The monoisotopic (exact) mass is 135 g/mol. The van der Waals surface area contributed by atoms with Crippen LogP contribution in [-0.4, -0.2) is 19.8 Å². The van der Waals surface area contributed by atoms with Gasteiger partial charge in [-0.25, -0.2) is 0 Å². The van der Waals surface area contributed by atoms with Gasteiger partial charge in [0.05, 0.1) is 4.86 Å². The molecule has 0 aromatic heterocycles. The average molecular weight is 135 g/mol. The SMILES string of the molecule is CCC(CN)=S(=O)=O. The van der Waals surface area contributed by atoms with E-state index < -0.39 is 10.3 Å². The van der Waals surface area contributed by atoms with E-state index in [-0.39, 0.29) is 6.54 Å². The summed E-state index contributed by atoms with van der Waals surface area (Å²) in [6.45, 7) is 1.91. The second-order valence-electron chi connectivity index (χ2n) is 1.33. The molecule has 0 aliphatic rings. The van der Waals surface area contributed by atoms with Crippen LogP contribution in [0.1, 0.15) is 13.3 Å². The molecule has 0 atom stereocenters. The van der Waals surface area contributed by atoms with Gasteiger partial charge in [0.25, 0.3) is 0 Å². The van der Waals surface area contributed by atoms with Crippen molar-refractivity contribution in [3.05, 3.63) is 0 Å². The molecule has 0 bridgehead atoms. The van der Waals surface area contributed by atoms with E-state index in [0.29, 0.717) is 11.3 Å². The highest BCUT2D eigenvalue weighted by molar-refractivity contribution is 7.73. The molecular weight excluding hydrogens is 126 g/mol. The van der Waals surface area contributed by atoms with E-state index in [9.17, 15) is 8.42 Å². The van der Waals surface area contributed by atoms with E-state index in [1.54, 1.807) is 6.92 Å². The summed E-state index contributed by atoms with van der Waals surface area (Å²) in [5.41, 5.74) is 5.05. The van der Waals surface area contributed by atoms with E-state index >= 15 is 0 Å². The lowest BCUT2D eigenvalue weighted by Gasteiger charge is -1.86. The van der Waals surface area contributed by atoms with Crippen molar-refractivity contribution in [3.63, 3.8) is 0 Å². The summed E-state index contributed by atoms with van der Waals surface area (Å²) in [6.07, 6.45) is 0.520. The molecule has 0 amide bonds. The minimum Gasteiger partial charge on any atom is -0.326 e. The highest BCUT2D eigenvalue weighted by Crippen LogP contribution is 1.76. The average Bonchev–Trinajstić information content (AvgIpc) is 1.69. The van der Waals surface area contributed by atoms with Gasteiger partial charge in [-0.1, -0.05) is 6.92 Å². The fourth-order valence-corrected chi connectivity index (χ4v) is 0.702. The van der Waals surface area contributed by atoms with Crippen LogP contribution in [0, 0.1) is 0 Å². The van der Waals surface area contributed by atoms with Crippen molar-refractivity contribution >= 4 is 15.2 Å². The molecule has 4 heteroatoms. The summed E-state index contributed by atoms with van der Waals surface area (Å²) in [7, 11) is -2.06. The maximum absolute atomic E-state index is 10.0. The van der Waals surface area contributed by atoms with E-state index in [1.165, 1.54) is 0 Å². The lowest BCUT2D eigenvalue weighted by Crippen LogP contribution is -2.12. The number of hydrogen-bond donors (Lipinski definition) is 1. The van der Waals surface area contributed by atoms with Gasteiger partial charge in [-0.2, -0.15) is 8.42 Å². The Kier molecular flexibility index (Phi) is 3.47. The number of rotatable bonds is 2. The van der Waals surface area contributed by atoms with E-state index in [1.807, 2.05) is 0 Å². The Hall–Kier alpha value is -0.350. The molecule has 0 heterocycles. The first-order chi connectivity index (χ1) is 3.72. The van der Waals surface area contributed by atoms with Gasteiger partial charge in [-0.15, -0.1) is 0 Å². The van der Waals surface area contributed by atoms with Crippen molar-refractivity contribution in [1.82, 2.24) is 0 Å². The van der Waals surface area contributed by atoms with E-state index in [0.717, 1.165) is 0 Å². The van der Waals surface area contributed by atoms with Crippen LogP contribution in [0.2, 0.25) is 0 Å². The highest BCUT2D eigenvalue weighted by Gasteiger charge is 1.90. The lowest BCUT2D eigenvalue weighted by atomic mass is 10.3. The fourth-order valence-electron chi connectivity index (χ4n) is 0.330. The van der Waals surface area contributed by atoms with Crippen LogP contribution in [0.5, 0.6) is 0 Å². The van der Waals surface area contributed by atoms with Crippen LogP contribution in [0.25, 0.3) is 0 Å². The van der Waals surface area contributed by atoms with Gasteiger partial charge < -0.3 is 5.73 Å². The summed E-state index contributed by atoms with van der Waals surface area (Å²) in [6, 6.07) is 0. The number of nitrogens with two attached hydrogens (primary N) is 1. The van der Waals surface area contributed by atoms with Crippen molar-refractivity contribution in [2.75, 3.05) is 6.54 Å².